The monoisotopic (exact) mass is 408 g/mol. The maximum atomic E-state index is 14.8. The first-order chi connectivity index (χ1) is 13.7. The van der Waals surface area contributed by atoms with Crippen LogP contribution in [0.25, 0.3) is 0 Å². The van der Waals surface area contributed by atoms with Crippen molar-refractivity contribution < 1.29 is 27.5 Å². The zero-order chi connectivity index (χ0) is 20.8. The normalized spacial score (nSPS) is 20.9. The number of nitrogens with one attached hydrogen (secondary N) is 2. The third-order valence-corrected chi connectivity index (χ3v) is 4.89. The van der Waals surface area contributed by atoms with Gasteiger partial charge in [-0.2, -0.15) is 18.3 Å². The van der Waals surface area contributed by atoms with Gasteiger partial charge in [-0.1, -0.05) is 11.8 Å². The molecule has 29 heavy (non-hydrogen) atoms. The highest BCUT2D eigenvalue weighted by molar-refractivity contribution is 5.95. The minimum atomic E-state index is -4.96. The summed E-state index contributed by atoms with van der Waals surface area (Å²) in [6.45, 7) is -0.459. The van der Waals surface area contributed by atoms with Crippen molar-refractivity contribution in [3.63, 3.8) is 0 Å². The van der Waals surface area contributed by atoms with Crippen molar-refractivity contribution in [2.45, 2.75) is 37.7 Å². The van der Waals surface area contributed by atoms with E-state index >= 15 is 0 Å². The third kappa shape index (κ3) is 3.42. The number of benzene rings is 1. The molecule has 1 saturated carbocycles. The van der Waals surface area contributed by atoms with E-state index in [1.807, 2.05) is 5.32 Å². The number of hydrogen-bond donors (Lipinski definition) is 3. The molecule has 0 bridgehead atoms. The number of aliphatic hydroxyl groups excluding tert-OH is 1. The number of urea groups is 1. The number of fused-ring (bicyclic) bond motifs is 1. The summed E-state index contributed by atoms with van der Waals surface area (Å²) in [6.07, 6.45) is -2.15. The molecular weight excluding hydrogens is 392 g/mol. The predicted molar refractivity (Wildman–Crippen MR) is 94.0 cm³/mol. The zero-order valence-corrected chi connectivity index (χ0v) is 15.0. The number of aromatic nitrogens is 2. The summed E-state index contributed by atoms with van der Waals surface area (Å²) in [5, 5.41) is 17.4. The summed E-state index contributed by atoms with van der Waals surface area (Å²) in [4.78, 5) is 12.0. The second kappa shape index (κ2) is 6.77. The van der Waals surface area contributed by atoms with Gasteiger partial charge in [-0.3, -0.25) is 4.68 Å². The summed E-state index contributed by atoms with van der Waals surface area (Å²) >= 11 is 0. The van der Waals surface area contributed by atoms with Crippen LogP contribution in [0.3, 0.4) is 0 Å². The van der Waals surface area contributed by atoms with Crippen LogP contribution in [0.5, 0.6) is 0 Å². The topological polar surface area (TPSA) is 79.2 Å². The van der Waals surface area contributed by atoms with E-state index < -0.39 is 29.1 Å². The summed E-state index contributed by atoms with van der Waals surface area (Å²) in [7, 11) is 0. The molecule has 2 heterocycles. The molecule has 1 aromatic carbocycles. The van der Waals surface area contributed by atoms with Crippen molar-refractivity contribution in [1.29, 1.82) is 0 Å². The summed E-state index contributed by atoms with van der Waals surface area (Å²) in [5.41, 5.74) is -3.25. The van der Waals surface area contributed by atoms with Gasteiger partial charge in [0.1, 0.15) is 5.82 Å². The number of aliphatic hydroxyl groups is 1. The lowest BCUT2D eigenvalue weighted by Gasteiger charge is -2.37. The van der Waals surface area contributed by atoms with Gasteiger partial charge in [0.2, 0.25) is 5.54 Å². The van der Waals surface area contributed by atoms with E-state index in [9.17, 15) is 27.5 Å². The fourth-order valence-corrected chi connectivity index (χ4v) is 3.17. The summed E-state index contributed by atoms with van der Waals surface area (Å²) < 4.78 is 58.2. The van der Waals surface area contributed by atoms with Gasteiger partial charge in [0.05, 0.1) is 18.8 Å². The minimum absolute atomic E-state index is 0.00979. The largest absolute Gasteiger partial charge is 0.427 e. The Kier molecular flexibility index (Phi) is 4.50. The molecule has 1 aromatic heterocycles. The molecule has 0 unspecified atom stereocenters. The predicted octanol–water partition coefficient (Wildman–Crippen LogP) is 2.87. The van der Waals surface area contributed by atoms with Crippen molar-refractivity contribution in [3.05, 3.63) is 47.0 Å². The lowest BCUT2D eigenvalue weighted by Crippen LogP contribution is -2.59. The summed E-state index contributed by atoms with van der Waals surface area (Å²) in [5.74, 6) is 3.67. The molecule has 1 fully saturated rings. The minimum Gasteiger partial charge on any atom is -0.390 e. The van der Waals surface area contributed by atoms with Crippen molar-refractivity contribution in [1.82, 2.24) is 15.1 Å². The van der Waals surface area contributed by atoms with Gasteiger partial charge in [-0.05, 0) is 31.0 Å². The molecule has 152 valence electrons. The number of alkyl halides is 3. The van der Waals surface area contributed by atoms with Crippen LogP contribution in [0.1, 0.15) is 29.7 Å². The standard InChI is InChI=1S/C19H16F4N4O2/c20-15-8-14-16(7-12(15)9-27-13(10-28)4-6-24-27)25-17(29)26-18(14,19(21,22)23)5-3-11-1-2-11/h4,6-8,11,28H,1-2,9-10H2,(H2,25,26,29)/t18-/m0/s1. The Hall–Kier alpha value is -3.06. The molecule has 1 aliphatic carbocycles. The second-order valence-corrected chi connectivity index (χ2v) is 7.00. The smallest absolute Gasteiger partial charge is 0.390 e. The Morgan fingerprint density at radius 1 is 1.34 bits per heavy atom. The van der Waals surface area contributed by atoms with Gasteiger partial charge in [0.15, 0.2) is 0 Å². The molecule has 2 amide bonds. The van der Waals surface area contributed by atoms with E-state index in [1.165, 1.54) is 16.9 Å². The number of carbonyl (C=O) groups excluding carboxylic acids is 1. The highest BCUT2D eigenvalue weighted by Crippen LogP contribution is 2.45. The van der Waals surface area contributed by atoms with Crippen molar-refractivity contribution >= 4 is 11.7 Å². The highest BCUT2D eigenvalue weighted by atomic mass is 19.4. The zero-order valence-electron chi connectivity index (χ0n) is 15.0. The third-order valence-electron chi connectivity index (χ3n) is 4.89. The Labute approximate surface area is 162 Å². The van der Waals surface area contributed by atoms with E-state index in [0.29, 0.717) is 18.5 Å². The Morgan fingerprint density at radius 3 is 2.76 bits per heavy atom. The van der Waals surface area contributed by atoms with Gasteiger partial charge < -0.3 is 15.7 Å². The maximum Gasteiger partial charge on any atom is 0.427 e. The number of nitrogens with zero attached hydrogens (tertiary/aromatic N) is 2. The van der Waals surface area contributed by atoms with E-state index in [-0.39, 0.29) is 30.3 Å². The van der Waals surface area contributed by atoms with E-state index in [1.54, 1.807) is 0 Å². The first-order valence-corrected chi connectivity index (χ1v) is 8.86. The van der Waals surface area contributed by atoms with E-state index in [4.69, 9.17) is 0 Å². The Morgan fingerprint density at radius 2 is 2.10 bits per heavy atom. The van der Waals surface area contributed by atoms with Crippen LogP contribution in [-0.4, -0.2) is 27.1 Å². The maximum absolute atomic E-state index is 14.8. The number of amides is 2. The molecule has 1 atom stereocenters. The lowest BCUT2D eigenvalue weighted by molar-refractivity contribution is -0.178. The Bertz CT molecular complexity index is 1030. The molecule has 6 nitrogen and oxygen atoms in total. The average molecular weight is 408 g/mol. The fourth-order valence-electron chi connectivity index (χ4n) is 3.17. The van der Waals surface area contributed by atoms with Gasteiger partial charge in [0.25, 0.3) is 0 Å². The molecule has 1 aliphatic heterocycles. The van der Waals surface area contributed by atoms with Crippen molar-refractivity contribution in [2.24, 2.45) is 5.92 Å². The Balaban J connectivity index is 1.82. The van der Waals surface area contributed by atoms with Crippen molar-refractivity contribution in [2.75, 3.05) is 5.32 Å². The first kappa shape index (κ1) is 19.3. The van der Waals surface area contributed by atoms with Crippen LogP contribution in [0.4, 0.5) is 28.0 Å². The van der Waals surface area contributed by atoms with Crippen LogP contribution < -0.4 is 10.6 Å². The average Bonchev–Trinajstić information content (AvgIpc) is 3.37. The molecule has 0 radical (unpaired) electrons. The number of carbonyl (C=O) groups is 1. The molecule has 2 aromatic rings. The number of anilines is 1. The number of rotatable bonds is 3. The number of halogens is 4. The SMILES string of the molecule is O=C1Nc2cc(Cn3nccc3CO)c(F)cc2[C@@](C#CC2CC2)(C(F)(F)F)N1. The second-order valence-electron chi connectivity index (χ2n) is 7.00. The van der Waals surface area contributed by atoms with Crippen LogP contribution in [0.15, 0.2) is 24.4 Å². The lowest BCUT2D eigenvalue weighted by atomic mass is 9.85. The molecular formula is C19H16F4N4O2. The number of hydrogen-bond acceptors (Lipinski definition) is 3. The van der Waals surface area contributed by atoms with Crippen molar-refractivity contribution in [3.8, 4) is 11.8 Å². The van der Waals surface area contributed by atoms with Gasteiger partial charge >= 0.3 is 12.2 Å². The van der Waals surface area contributed by atoms with Crippen LogP contribution in [0, 0.1) is 23.6 Å². The highest BCUT2D eigenvalue weighted by Gasteiger charge is 2.59. The first-order valence-electron chi connectivity index (χ1n) is 8.86. The van der Waals surface area contributed by atoms with Gasteiger partial charge in [0, 0.05) is 28.9 Å². The summed E-state index contributed by atoms with van der Waals surface area (Å²) in [6, 6.07) is 2.34. The molecule has 10 heteroatoms. The van der Waals surface area contributed by atoms with Gasteiger partial charge in [-0.25, -0.2) is 9.18 Å². The van der Waals surface area contributed by atoms with Crippen LogP contribution >= 0.6 is 0 Å². The van der Waals surface area contributed by atoms with E-state index in [2.05, 4.69) is 22.3 Å². The molecule has 4 rings (SSSR count). The van der Waals surface area contributed by atoms with Crippen LogP contribution in [-0.2, 0) is 18.7 Å². The molecule has 0 saturated heterocycles. The quantitative estimate of drug-likeness (QED) is 0.540. The molecule has 3 N–H and O–H groups in total. The van der Waals surface area contributed by atoms with Gasteiger partial charge in [-0.15, -0.1) is 0 Å². The van der Waals surface area contributed by atoms with E-state index in [0.717, 1.165) is 12.1 Å². The molecule has 2 aliphatic rings. The fraction of sp³-hybridized carbons (Fsp3) is 0.368. The van der Waals surface area contributed by atoms with Crippen LogP contribution in [0.2, 0.25) is 0 Å². The molecule has 0 spiro atoms.